The number of aromatic amines is 1. The number of anilines is 1. The highest BCUT2D eigenvalue weighted by Crippen LogP contribution is 2.22. The molecule has 1 N–H and O–H groups in total. The standard InChI is InChI=1S/C24H29N5O3S/c1-3-32-21-10-6-19(7-11-21)23-25-26-24(33)29(23)17-22(30)27(2)16-18-4-8-20(9-5-18)28-12-14-31-15-13-28/h4-11H,3,12-17H2,1-2H3,(H,26,33). The molecule has 0 bridgehead atoms. The van der Waals surface area contributed by atoms with Gasteiger partial charge in [0, 0.05) is 37.9 Å². The maximum absolute atomic E-state index is 13.0. The molecule has 0 saturated carbocycles. The summed E-state index contributed by atoms with van der Waals surface area (Å²) in [6, 6.07) is 16.0. The molecule has 174 valence electrons. The highest BCUT2D eigenvalue weighted by Gasteiger charge is 2.16. The number of H-pyrrole nitrogens is 1. The zero-order valence-electron chi connectivity index (χ0n) is 19.0. The molecular weight excluding hydrogens is 438 g/mol. The van der Waals surface area contributed by atoms with Crippen molar-refractivity contribution in [2.24, 2.45) is 0 Å². The van der Waals surface area contributed by atoms with E-state index in [1.807, 2.05) is 31.2 Å². The number of ether oxygens (including phenoxy) is 2. The van der Waals surface area contributed by atoms with Gasteiger partial charge in [0.1, 0.15) is 12.3 Å². The van der Waals surface area contributed by atoms with Gasteiger partial charge in [-0.15, -0.1) is 0 Å². The van der Waals surface area contributed by atoms with Crippen LogP contribution in [0.5, 0.6) is 5.75 Å². The summed E-state index contributed by atoms with van der Waals surface area (Å²) >= 11 is 5.39. The fraction of sp³-hybridized carbons (Fsp3) is 0.375. The smallest absolute Gasteiger partial charge is 0.242 e. The van der Waals surface area contributed by atoms with E-state index in [1.165, 1.54) is 5.69 Å². The molecule has 1 fully saturated rings. The maximum Gasteiger partial charge on any atom is 0.242 e. The topological polar surface area (TPSA) is 75.6 Å². The number of likely N-dealkylation sites (N-methyl/N-ethyl adjacent to an activating group) is 1. The number of rotatable bonds is 8. The molecule has 0 atom stereocenters. The Morgan fingerprint density at radius 2 is 1.85 bits per heavy atom. The third kappa shape index (κ3) is 5.61. The van der Waals surface area contributed by atoms with Gasteiger partial charge in [-0.05, 0) is 61.1 Å². The number of morpholine rings is 1. The third-order valence-corrected chi connectivity index (χ3v) is 5.94. The summed E-state index contributed by atoms with van der Waals surface area (Å²) in [7, 11) is 1.80. The Kier molecular flexibility index (Phi) is 7.41. The summed E-state index contributed by atoms with van der Waals surface area (Å²) in [5.41, 5.74) is 3.12. The predicted octanol–water partition coefficient (Wildman–Crippen LogP) is 3.50. The number of nitrogens with zero attached hydrogens (tertiary/aromatic N) is 4. The SMILES string of the molecule is CCOc1ccc(-c2n[nH]c(=S)n2CC(=O)N(C)Cc2ccc(N3CCOCC3)cc2)cc1. The van der Waals surface area contributed by atoms with Gasteiger partial charge in [0.05, 0.1) is 19.8 Å². The van der Waals surface area contributed by atoms with Crippen molar-refractivity contribution >= 4 is 23.8 Å². The lowest BCUT2D eigenvalue weighted by molar-refractivity contribution is -0.131. The van der Waals surface area contributed by atoms with Gasteiger partial charge < -0.3 is 19.3 Å². The minimum Gasteiger partial charge on any atom is -0.494 e. The third-order valence-electron chi connectivity index (χ3n) is 5.63. The minimum absolute atomic E-state index is 0.0445. The van der Waals surface area contributed by atoms with Crippen LogP contribution in [-0.4, -0.2) is 65.5 Å². The molecule has 0 unspecified atom stereocenters. The molecular formula is C24H29N5O3S. The first-order valence-electron chi connectivity index (χ1n) is 11.1. The van der Waals surface area contributed by atoms with E-state index in [4.69, 9.17) is 21.7 Å². The van der Waals surface area contributed by atoms with Gasteiger partial charge in [-0.2, -0.15) is 5.10 Å². The quantitative estimate of drug-likeness (QED) is 0.511. The van der Waals surface area contributed by atoms with Crippen LogP contribution in [0.4, 0.5) is 5.69 Å². The number of aromatic nitrogens is 3. The molecule has 33 heavy (non-hydrogen) atoms. The Labute approximate surface area is 198 Å². The number of hydrogen-bond donors (Lipinski definition) is 1. The van der Waals surface area contributed by atoms with Crippen molar-refractivity contribution in [1.82, 2.24) is 19.7 Å². The lowest BCUT2D eigenvalue weighted by Crippen LogP contribution is -2.36. The number of carbonyl (C=O) groups excluding carboxylic acids is 1. The summed E-state index contributed by atoms with van der Waals surface area (Å²) in [5, 5.41) is 7.14. The molecule has 1 aliphatic rings. The van der Waals surface area contributed by atoms with Crippen molar-refractivity contribution in [2.45, 2.75) is 20.0 Å². The molecule has 0 spiro atoms. The zero-order valence-corrected chi connectivity index (χ0v) is 19.8. The van der Waals surface area contributed by atoms with E-state index in [0.29, 0.717) is 23.7 Å². The van der Waals surface area contributed by atoms with Gasteiger partial charge >= 0.3 is 0 Å². The van der Waals surface area contributed by atoms with Crippen LogP contribution in [0.1, 0.15) is 12.5 Å². The summed E-state index contributed by atoms with van der Waals surface area (Å²) in [5.74, 6) is 1.37. The fourth-order valence-corrected chi connectivity index (χ4v) is 4.00. The molecule has 3 aromatic rings. The normalized spacial score (nSPS) is 13.7. The molecule has 2 heterocycles. The second kappa shape index (κ2) is 10.6. The number of benzene rings is 2. The molecule has 8 nitrogen and oxygen atoms in total. The first kappa shape index (κ1) is 23.0. The highest BCUT2D eigenvalue weighted by atomic mass is 32.1. The Morgan fingerprint density at radius 1 is 1.15 bits per heavy atom. The first-order chi connectivity index (χ1) is 16.0. The van der Waals surface area contributed by atoms with Gasteiger partial charge in [-0.3, -0.25) is 14.5 Å². The van der Waals surface area contributed by atoms with E-state index in [1.54, 1.807) is 16.5 Å². The molecule has 4 rings (SSSR count). The van der Waals surface area contributed by atoms with Crippen LogP contribution in [0, 0.1) is 4.77 Å². The Morgan fingerprint density at radius 3 is 2.52 bits per heavy atom. The van der Waals surface area contributed by atoms with Crippen LogP contribution in [0.3, 0.4) is 0 Å². The molecule has 1 aromatic heterocycles. The number of carbonyl (C=O) groups is 1. The van der Waals surface area contributed by atoms with Crippen molar-refractivity contribution in [3.63, 3.8) is 0 Å². The van der Waals surface area contributed by atoms with Crippen molar-refractivity contribution in [3.8, 4) is 17.1 Å². The second-order valence-electron chi connectivity index (χ2n) is 7.91. The monoisotopic (exact) mass is 467 g/mol. The lowest BCUT2D eigenvalue weighted by Gasteiger charge is -2.29. The van der Waals surface area contributed by atoms with Crippen LogP contribution in [0.15, 0.2) is 48.5 Å². The van der Waals surface area contributed by atoms with E-state index < -0.39 is 0 Å². The average molecular weight is 468 g/mol. The molecule has 1 aliphatic heterocycles. The van der Waals surface area contributed by atoms with Crippen molar-refractivity contribution in [2.75, 3.05) is 44.9 Å². The lowest BCUT2D eigenvalue weighted by atomic mass is 10.1. The van der Waals surface area contributed by atoms with Gasteiger partial charge in [-0.25, -0.2) is 0 Å². The summed E-state index contributed by atoms with van der Waals surface area (Å²) in [4.78, 5) is 17.0. The van der Waals surface area contributed by atoms with Crippen LogP contribution < -0.4 is 9.64 Å². The summed E-state index contributed by atoms with van der Waals surface area (Å²) in [6.07, 6.45) is 0. The van der Waals surface area contributed by atoms with Gasteiger partial charge in [-0.1, -0.05) is 12.1 Å². The van der Waals surface area contributed by atoms with Crippen LogP contribution >= 0.6 is 12.2 Å². The molecule has 0 radical (unpaired) electrons. The first-order valence-corrected chi connectivity index (χ1v) is 11.5. The van der Waals surface area contributed by atoms with E-state index in [-0.39, 0.29) is 12.5 Å². The summed E-state index contributed by atoms with van der Waals surface area (Å²) in [6.45, 7) is 6.50. The number of nitrogens with one attached hydrogen (secondary N) is 1. The van der Waals surface area contributed by atoms with Crippen LogP contribution in [-0.2, 0) is 22.6 Å². The van der Waals surface area contributed by atoms with Crippen LogP contribution in [0.25, 0.3) is 11.4 Å². The molecule has 1 amide bonds. The Hall–Kier alpha value is -3.17. The number of hydrogen-bond acceptors (Lipinski definition) is 6. The minimum atomic E-state index is -0.0445. The fourth-order valence-electron chi connectivity index (χ4n) is 3.80. The van der Waals surface area contributed by atoms with Crippen molar-refractivity contribution in [3.05, 3.63) is 58.9 Å². The van der Waals surface area contributed by atoms with E-state index in [0.717, 1.165) is 43.2 Å². The van der Waals surface area contributed by atoms with Crippen LogP contribution in [0.2, 0.25) is 0 Å². The molecule has 0 aliphatic carbocycles. The number of amides is 1. The van der Waals surface area contributed by atoms with Crippen molar-refractivity contribution in [1.29, 1.82) is 0 Å². The van der Waals surface area contributed by atoms with Gasteiger partial charge in [0.2, 0.25) is 5.91 Å². The van der Waals surface area contributed by atoms with Gasteiger partial charge in [0.25, 0.3) is 0 Å². The van der Waals surface area contributed by atoms with E-state index in [9.17, 15) is 4.79 Å². The van der Waals surface area contributed by atoms with Crippen molar-refractivity contribution < 1.29 is 14.3 Å². The largest absolute Gasteiger partial charge is 0.494 e. The predicted molar refractivity (Wildman–Crippen MR) is 130 cm³/mol. The molecule has 9 heteroatoms. The Balaban J connectivity index is 1.41. The molecule has 2 aromatic carbocycles. The van der Waals surface area contributed by atoms with E-state index in [2.05, 4.69) is 39.4 Å². The van der Waals surface area contributed by atoms with Gasteiger partial charge in [0.15, 0.2) is 10.6 Å². The summed E-state index contributed by atoms with van der Waals surface area (Å²) < 4.78 is 13.1. The second-order valence-corrected chi connectivity index (χ2v) is 8.30. The Bertz CT molecular complexity index is 1120. The molecule has 1 saturated heterocycles. The van der Waals surface area contributed by atoms with E-state index >= 15 is 0 Å². The maximum atomic E-state index is 13.0. The average Bonchev–Trinajstić information content (AvgIpc) is 3.20. The highest BCUT2D eigenvalue weighted by molar-refractivity contribution is 7.71. The zero-order chi connectivity index (χ0) is 23.2.